The Kier molecular flexibility index (Phi) is 8.63. The van der Waals surface area contributed by atoms with Gasteiger partial charge in [-0.2, -0.15) is 11.8 Å². The molecule has 0 unspecified atom stereocenters. The van der Waals surface area contributed by atoms with Gasteiger partial charge in [-0.25, -0.2) is 4.79 Å². The van der Waals surface area contributed by atoms with Crippen LogP contribution in [0.2, 0.25) is 0 Å². The van der Waals surface area contributed by atoms with Gasteiger partial charge in [0.1, 0.15) is 5.00 Å². The highest BCUT2D eigenvalue weighted by Gasteiger charge is 2.28. The summed E-state index contributed by atoms with van der Waals surface area (Å²) < 4.78 is 1.00. The molecule has 7 heteroatoms. The first-order valence-electron chi connectivity index (χ1n) is 10.7. The van der Waals surface area contributed by atoms with Crippen molar-refractivity contribution in [1.82, 2.24) is 10.2 Å². The number of amides is 3. The highest BCUT2D eigenvalue weighted by atomic mass is 32.2. The maximum absolute atomic E-state index is 13.4. The fourth-order valence-electron chi connectivity index (χ4n) is 3.64. The molecule has 0 spiro atoms. The van der Waals surface area contributed by atoms with E-state index < -0.39 is 0 Å². The van der Waals surface area contributed by atoms with Gasteiger partial charge >= 0.3 is 6.03 Å². The van der Waals surface area contributed by atoms with Gasteiger partial charge in [0.05, 0.1) is 5.56 Å². The molecule has 162 valence electrons. The number of unbranched alkanes of at least 4 members (excludes halogenated alkanes) is 2. The monoisotopic (exact) mass is 445 g/mol. The Morgan fingerprint density at radius 2 is 2.03 bits per heavy atom. The van der Waals surface area contributed by atoms with Gasteiger partial charge in [-0.3, -0.25) is 10.1 Å². The number of anilines is 1. The van der Waals surface area contributed by atoms with E-state index in [9.17, 15) is 9.59 Å². The van der Waals surface area contributed by atoms with Crippen molar-refractivity contribution in [3.63, 3.8) is 0 Å². The molecule has 0 aliphatic carbocycles. The summed E-state index contributed by atoms with van der Waals surface area (Å²) in [6, 6.07) is 7.52. The van der Waals surface area contributed by atoms with E-state index in [1.807, 2.05) is 29.2 Å². The smallest absolute Gasteiger partial charge is 0.320 e. The second-order valence-electron chi connectivity index (χ2n) is 7.50. The molecule has 0 radical (unpaired) electrons. The average Bonchev–Trinajstić information content (AvgIpc) is 3.13. The van der Waals surface area contributed by atoms with Crippen molar-refractivity contribution < 1.29 is 9.59 Å². The number of nitrogens with zero attached hydrogens (tertiary/aromatic N) is 1. The normalized spacial score (nSPS) is 14.6. The second-order valence-corrected chi connectivity index (χ2v) is 9.96. The van der Waals surface area contributed by atoms with Crippen molar-refractivity contribution in [3.8, 4) is 0 Å². The molecule has 1 aliphatic heterocycles. The second kappa shape index (κ2) is 11.4. The van der Waals surface area contributed by atoms with Crippen LogP contribution < -0.4 is 10.6 Å². The topological polar surface area (TPSA) is 61.4 Å². The minimum atomic E-state index is -0.322. The molecule has 1 fully saturated rings. The van der Waals surface area contributed by atoms with Crippen LogP contribution in [0.1, 0.15) is 49.4 Å². The Morgan fingerprint density at radius 3 is 2.77 bits per heavy atom. The number of likely N-dealkylation sites (tertiary alicyclic amines) is 1. The van der Waals surface area contributed by atoms with Gasteiger partial charge in [0.15, 0.2) is 0 Å². The highest BCUT2D eigenvalue weighted by Crippen LogP contribution is 2.37. The molecule has 2 heterocycles. The van der Waals surface area contributed by atoms with Crippen LogP contribution >= 0.6 is 23.1 Å². The molecule has 1 aromatic carbocycles. The number of carbonyl (C=O) groups is 2. The predicted molar refractivity (Wildman–Crippen MR) is 130 cm³/mol. The molecule has 3 amide bonds. The van der Waals surface area contributed by atoms with E-state index >= 15 is 0 Å². The van der Waals surface area contributed by atoms with Crippen LogP contribution in [0.25, 0.3) is 10.1 Å². The number of rotatable bonds is 9. The van der Waals surface area contributed by atoms with Gasteiger partial charge in [0.25, 0.3) is 5.91 Å². The molecule has 2 N–H and O–H groups in total. The molecule has 2 aromatic rings. The summed E-state index contributed by atoms with van der Waals surface area (Å²) in [6.45, 7) is 7.77. The predicted octanol–water partition coefficient (Wildman–Crippen LogP) is 5.74. The fraction of sp³-hybridized carbons (Fsp3) is 0.478. The quantitative estimate of drug-likeness (QED) is 0.382. The Labute approximate surface area is 187 Å². The SMILES string of the molecule is C=CCNC(=O)Nc1sc2ccccc2c1C(=O)N1CCC(SCCCCC)CC1. The van der Waals surface area contributed by atoms with Crippen LogP contribution in [0.4, 0.5) is 9.80 Å². The van der Waals surface area contributed by atoms with Crippen molar-refractivity contribution in [2.75, 3.05) is 30.7 Å². The number of urea groups is 1. The number of nitrogens with one attached hydrogen (secondary N) is 2. The number of hydrogen-bond donors (Lipinski definition) is 2. The van der Waals surface area contributed by atoms with Gasteiger partial charge in [0, 0.05) is 35.0 Å². The van der Waals surface area contributed by atoms with Crippen molar-refractivity contribution in [3.05, 3.63) is 42.5 Å². The number of thioether (sulfide) groups is 1. The molecular formula is C23H31N3O2S2. The number of carbonyl (C=O) groups excluding carboxylic acids is 2. The Morgan fingerprint density at radius 1 is 1.27 bits per heavy atom. The summed E-state index contributed by atoms with van der Waals surface area (Å²) in [6.07, 6.45) is 7.53. The number of piperidine rings is 1. The molecule has 30 heavy (non-hydrogen) atoms. The zero-order valence-corrected chi connectivity index (χ0v) is 19.2. The van der Waals surface area contributed by atoms with E-state index in [2.05, 4.69) is 35.9 Å². The van der Waals surface area contributed by atoms with E-state index in [0.717, 1.165) is 36.0 Å². The van der Waals surface area contributed by atoms with Crippen LogP contribution in [-0.4, -0.2) is 47.5 Å². The van der Waals surface area contributed by atoms with E-state index in [-0.39, 0.29) is 11.9 Å². The molecule has 0 saturated carbocycles. The minimum absolute atomic E-state index is 0.0147. The maximum Gasteiger partial charge on any atom is 0.320 e. The Bertz CT molecular complexity index is 872. The third kappa shape index (κ3) is 5.79. The first-order valence-corrected chi connectivity index (χ1v) is 12.6. The zero-order chi connectivity index (χ0) is 21.3. The van der Waals surface area contributed by atoms with Crippen molar-refractivity contribution in [2.45, 2.75) is 44.3 Å². The van der Waals surface area contributed by atoms with E-state index in [1.165, 1.54) is 36.4 Å². The van der Waals surface area contributed by atoms with Crippen molar-refractivity contribution >= 4 is 50.1 Å². The lowest BCUT2D eigenvalue weighted by molar-refractivity contribution is 0.0731. The largest absolute Gasteiger partial charge is 0.338 e. The van der Waals surface area contributed by atoms with E-state index in [0.29, 0.717) is 22.4 Å². The van der Waals surface area contributed by atoms with Gasteiger partial charge < -0.3 is 10.2 Å². The third-order valence-corrected chi connectivity index (χ3v) is 7.83. The van der Waals surface area contributed by atoms with Crippen LogP contribution in [0.5, 0.6) is 0 Å². The van der Waals surface area contributed by atoms with Gasteiger partial charge in [-0.15, -0.1) is 17.9 Å². The molecule has 5 nitrogen and oxygen atoms in total. The van der Waals surface area contributed by atoms with Crippen molar-refractivity contribution in [1.29, 1.82) is 0 Å². The standard InChI is InChI=1S/C23H31N3O2S2/c1-3-5-8-16-29-17-11-14-26(15-12-17)22(27)20-18-9-6-7-10-19(18)30-21(20)25-23(28)24-13-4-2/h4,6-7,9-10,17H,2-3,5,8,11-16H2,1H3,(H2,24,25,28). The van der Waals surface area contributed by atoms with Crippen LogP contribution in [-0.2, 0) is 0 Å². The average molecular weight is 446 g/mol. The Balaban J connectivity index is 1.69. The zero-order valence-electron chi connectivity index (χ0n) is 17.6. The lowest BCUT2D eigenvalue weighted by Crippen LogP contribution is -2.39. The summed E-state index contributed by atoms with van der Waals surface area (Å²) in [5, 5.41) is 7.75. The lowest BCUT2D eigenvalue weighted by atomic mass is 10.1. The highest BCUT2D eigenvalue weighted by molar-refractivity contribution is 7.99. The third-order valence-electron chi connectivity index (χ3n) is 5.27. The molecule has 1 aromatic heterocycles. The fourth-order valence-corrected chi connectivity index (χ4v) is 5.98. The molecule has 0 bridgehead atoms. The molecule has 1 saturated heterocycles. The summed E-state index contributed by atoms with van der Waals surface area (Å²) >= 11 is 3.51. The maximum atomic E-state index is 13.4. The summed E-state index contributed by atoms with van der Waals surface area (Å²) in [5.74, 6) is 1.23. The minimum Gasteiger partial charge on any atom is -0.338 e. The lowest BCUT2D eigenvalue weighted by Gasteiger charge is -2.32. The van der Waals surface area contributed by atoms with Gasteiger partial charge in [-0.1, -0.05) is 44.0 Å². The van der Waals surface area contributed by atoms with E-state index in [4.69, 9.17) is 0 Å². The molecule has 0 atom stereocenters. The van der Waals surface area contributed by atoms with Crippen LogP contribution in [0.15, 0.2) is 36.9 Å². The molecule has 3 rings (SSSR count). The summed E-state index contributed by atoms with van der Waals surface area (Å²) in [4.78, 5) is 27.6. The number of benzene rings is 1. The van der Waals surface area contributed by atoms with Crippen LogP contribution in [0, 0.1) is 0 Å². The van der Waals surface area contributed by atoms with Crippen molar-refractivity contribution in [2.24, 2.45) is 0 Å². The number of thiophene rings is 1. The molecular weight excluding hydrogens is 414 g/mol. The summed E-state index contributed by atoms with van der Waals surface area (Å²) in [7, 11) is 0. The van der Waals surface area contributed by atoms with Gasteiger partial charge in [-0.05, 0) is 31.1 Å². The first kappa shape index (κ1) is 22.7. The number of fused-ring (bicyclic) bond motifs is 1. The van der Waals surface area contributed by atoms with Gasteiger partial charge in [0.2, 0.25) is 0 Å². The summed E-state index contributed by atoms with van der Waals surface area (Å²) in [5.41, 5.74) is 0.610. The first-order chi connectivity index (χ1) is 14.6. The number of hydrogen-bond acceptors (Lipinski definition) is 4. The Hall–Kier alpha value is -1.99. The van der Waals surface area contributed by atoms with Crippen LogP contribution in [0.3, 0.4) is 0 Å². The van der Waals surface area contributed by atoms with E-state index in [1.54, 1.807) is 6.08 Å². The molecule has 1 aliphatic rings.